The zero-order valence-corrected chi connectivity index (χ0v) is 14.0. The number of non-ortho nitro benzene ring substituents is 1. The van der Waals surface area contributed by atoms with Gasteiger partial charge in [0.2, 0.25) is 0 Å². The summed E-state index contributed by atoms with van der Waals surface area (Å²) >= 11 is 0. The van der Waals surface area contributed by atoms with Gasteiger partial charge < -0.3 is 9.64 Å². The van der Waals surface area contributed by atoms with Crippen LogP contribution in [0.5, 0.6) is 0 Å². The van der Waals surface area contributed by atoms with Crippen LogP contribution in [0.3, 0.4) is 0 Å². The van der Waals surface area contributed by atoms with Gasteiger partial charge in [0.25, 0.3) is 5.69 Å². The second-order valence-corrected chi connectivity index (χ2v) is 6.33. The van der Waals surface area contributed by atoms with Crippen molar-refractivity contribution < 1.29 is 9.66 Å². The van der Waals surface area contributed by atoms with Crippen LogP contribution < -0.4 is 4.90 Å². The largest absolute Gasteiger partial charge is 0.380 e. The van der Waals surface area contributed by atoms with Crippen LogP contribution in [0, 0.1) is 16.0 Å². The van der Waals surface area contributed by atoms with E-state index in [9.17, 15) is 10.1 Å². The van der Waals surface area contributed by atoms with E-state index in [1.807, 2.05) is 24.0 Å². The summed E-state index contributed by atoms with van der Waals surface area (Å²) in [4.78, 5) is 12.9. The van der Waals surface area contributed by atoms with Crippen LogP contribution in [0.15, 0.2) is 30.6 Å². The minimum Gasteiger partial charge on any atom is -0.380 e. The van der Waals surface area contributed by atoms with E-state index in [0.717, 1.165) is 37.2 Å². The standard InChI is InChI=1S/C17H22N4O3/c1-19-10-14(9-18-19)7-13-5-6-20(11-13)17-4-3-16(21(22)23)8-15(17)12-24-2/h3-4,8-10,13H,5-7,11-12H2,1-2H3. The highest BCUT2D eigenvalue weighted by Gasteiger charge is 2.25. The molecule has 1 unspecified atom stereocenters. The number of nitro benzene ring substituents is 1. The molecular weight excluding hydrogens is 308 g/mol. The second-order valence-electron chi connectivity index (χ2n) is 6.33. The Morgan fingerprint density at radius 2 is 2.29 bits per heavy atom. The normalized spacial score (nSPS) is 17.4. The van der Waals surface area contributed by atoms with Crippen molar-refractivity contribution in [1.29, 1.82) is 0 Å². The van der Waals surface area contributed by atoms with Crippen molar-refractivity contribution in [2.45, 2.75) is 19.4 Å². The lowest BCUT2D eigenvalue weighted by molar-refractivity contribution is -0.384. The molecule has 1 atom stereocenters. The van der Waals surface area contributed by atoms with E-state index in [-0.39, 0.29) is 10.6 Å². The third-order valence-electron chi connectivity index (χ3n) is 4.48. The molecule has 0 saturated carbocycles. The van der Waals surface area contributed by atoms with Crippen LogP contribution in [0.4, 0.5) is 11.4 Å². The number of rotatable bonds is 6. The lowest BCUT2D eigenvalue weighted by atomic mass is 10.0. The van der Waals surface area contributed by atoms with Crippen LogP contribution in [0.2, 0.25) is 0 Å². The molecule has 3 rings (SSSR count). The molecule has 1 aliphatic rings. The first-order valence-corrected chi connectivity index (χ1v) is 8.05. The van der Waals surface area contributed by atoms with Gasteiger partial charge in [0.1, 0.15) is 0 Å². The summed E-state index contributed by atoms with van der Waals surface area (Å²) in [6.45, 7) is 2.28. The fourth-order valence-electron chi connectivity index (χ4n) is 3.39. The molecule has 0 aliphatic carbocycles. The smallest absolute Gasteiger partial charge is 0.269 e. The predicted octanol–water partition coefficient (Wildman–Crippen LogP) is 2.54. The molecule has 2 heterocycles. The highest BCUT2D eigenvalue weighted by Crippen LogP contribution is 2.31. The maximum atomic E-state index is 11.0. The molecule has 1 aromatic carbocycles. The first kappa shape index (κ1) is 16.4. The van der Waals surface area contributed by atoms with Gasteiger partial charge in [-0.15, -0.1) is 0 Å². The van der Waals surface area contributed by atoms with Crippen molar-refractivity contribution in [3.05, 3.63) is 51.8 Å². The van der Waals surface area contributed by atoms with Crippen LogP contribution in [-0.4, -0.2) is 34.9 Å². The van der Waals surface area contributed by atoms with E-state index >= 15 is 0 Å². The Morgan fingerprint density at radius 1 is 1.46 bits per heavy atom. The first-order valence-electron chi connectivity index (χ1n) is 8.05. The van der Waals surface area contributed by atoms with E-state index in [0.29, 0.717) is 12.5 Å². The molecule has 7 heteroatoms. The van der Waals surface area contributed by atoms with Crippen molar-refractivity contribution >= 4 is 11.4 Å². The summed E-state index contributed by atoms with van der Waals surface area (Å²) in [6.07, 6.45) is 6.10. The Bertz CT molecular complexity index is 728. The number of benzene rings is 1. The number of ether oxygens (including phenoxy) is 1. The number of aryl methyl sites for hydroxylation is 1. The van der Waals surface area contributed by atoms with Crippen molar-refractivity contribution in [3.63, 3.8) is 0 Å². The van der Waals surface area contributed by atoms with Crippen LogP contribution in [-0.2, 0) is 24.8 Å². The number of anilines is 1. The van der Waals surface area contributed by atoms with E-state index in [2.05, 4.69) is 16.2 Å². The zero-order valence-electron chi connectivity index (χ0n) is 14.0. The summed E-state index contributed by atoms with van der Waals surface area (Å²) in [5, 5.41) is 15.2. The maximum absolute atomic E-state index is 11.0. The fraction of sp³-hybridized carbons (Fsp3) is 0.471. The third-order valence-corrected chi connectivity index (χ3v) is 4.48. The number of nitrogens with zero attached hydrogens (tertiary/aromatic N) is 4. The van der Waals surface area contributed by atoms with Crippen molar-refractivity contribution in [2.75, 3.05) is 25.1 Å². The molecule has 0 spiro atoms. The molecular formula is C17H22N4O3. The van der Waals surface area contributed by atoms with Crippen molar-refractivity contribution in [2.24, 2.45) is 13.0 Å². The van der Waals surface area contributed by atoms with Crippen LogP contribution in [0.25, 0.3) is 0 Å². The Kier molecular flexibility index (Phi) is 4.80. The molecule has 1 aromatic heterocycles. The monoisotopic (exact) mass is 330 g/mol. The molecule has 1 fully saturated rings. The van der Waals surface area contributed by atoms with Gasteiger partial charge in [0.05, 0.1) is 17.7 Å². The molecule has 0 amide bonds. The SMILES string of the molecule is COCc1cc([N+](=O)[O-])ccc1N1CCC(Cc2cnn(C)c2)C1. The minimum atomic E-state index is -0.363. The molecule has 1 saturated heterocycles. The topological polar surface area (TPSA) is 73.4 Å². The van der Waals surface area contributed by atoms with Crippen LogP contribution in [0.1, 0.15) is 17.5 Å². The summed E-state index contributed by atoms with van der Waals surface area (Å²) in [7, 11) is 3.54. The van der Waals surface area contributed by atoms with Gasteiger partial charge >= 0.3 is 0 Å². The van der Waals surface area contributed by atoms with Gasteiger partial charge in [0.15, 0.2) is 0 Å². The number of nitro groups is 1. The van der Waals surface area contributed by atoms with Gasteiger partial charge in [-0.2, -0.15) is 5.10 Å². The van der Waals surface area contributed by atoms with E-state index in [4.69, 9.17) is 4.74 Å². The first-order chi connectivity index (χ1) is 11.6. The molecule has 0 N–H and O–H groups in total. The highest BCUT2D eigenvalue weighted by atomic mass is 16.6. The van der Waals surface area contributed by atoms with Gasteiger partial charge in [-0.1, -0.05) is 0 Å². The molecule has 1 aliphatic heterocycles. The summed E-state index contributed by atoms with van der Waals surface area (Å²) < 4.78 is 7.06. The summed E-state index contributed by atoms with van der Waals surface area (Å²) in [6, 6.07) is 5.04. The number of aromatic nitrogens is 2. The number of hydrogen-bond donors (Lipinski definition) is 0. The lowest BCUT2D eigenvalue weighted by Crippen LogP contribution is -2.21. The molecule has 0 bridgehead atoms. The fourth-order valence-corrected chi connectivity index (χ4v) is 3.39. The third kappa shape index (κ3) is 3.56. The second kappa shape index (κ2) is 7.00. The van der Waals surface area contributed by atoms with Crippen molar-refractivity contribution in [3.8, 4) is 0 Å². The molecule has 7 nitrogen and oxygen atoms in total. The van der Waals surface area contributed by atoms with Gasteiger partial charge in [-0.25, -0.2) is 0 Å². The van der Waals surface area contributed by atoms with Gasteiger partial charge in [-0.05, 0) is 30.4 Å². The quantitative estimate of drug-likeness (QED) is 0.601. The lowest BCUT2D eigenvalue weighted by Gasteiger charge is -2.22. The summed E-state index contributed by atoms with van der Waals surface area (Å²) in [5.74, 6) is 0.569. The number of hydrogen-bond acceptors (Lipinski definition) is 5. The predicted molar refractivity (Wildman–Crippen MR) is 91.0 cm³/mol. The minimum absolute atomic E-state index is 0.108. The maximum Gasteiger partial charge on any atom is 0.269 e. The molecule has 24 heavy (non-hydrogen) atoms. The van der Waals surface area contributed by atoms with Crippen LogP contribution >= 0.6 is 0 Å². The van der Waals surface area contributed by atoms with Gasteiger partial charge in [-0.3, -0.25) is 14.8 Å². The molecule has 2 aromatic rings. The molecule has 128 valence electrons. The van der Waals surface area contributed by atoms with Crippen molar-refractivity contribution in [1.82, 2.24) is 9.78 Å². The highest BCUT2D eigenvalue weighted by molar-refractivity contribution is 5.58. The summed E-state index contributed by atoms with van der Waals surface area (Å²) in [5.41, 5.74) is 3.27. The van der Waals surface area contributed by atoms with Gasteiger partial charge in [0, 0.05) is 56.8 Å². The average Bonchev–Trinajstić information content (AvgIpc) is 3.17. The Labute approximate surface area is 141 Å². The molecule has 0 radical (unpaired) electrons. The Hall–Kier alpha value is -2.41. The Morgan fingerprint density at radius 3 is 2.96 bits per heavy atom. The van der Waals surface area contributed by atoms with E-state index < -0.39 is 0 Å². The zero-order chi connectivity index (χ0) is 17.1. The Balaban J connectivity index is 1.73. The van der Waals surface area contributed by atoms with E-state index in [1.54, 1.807) is 19.2 Å². The average molecular weight is 330 g/mol. The number of methoxy groups -OCH3 is 1. The van der Waals surface area contributed by atoms with E-state index in [1.165, 1.54) is 5.56 Å².